The number of thiocarbonyl (C=S) groups is 1. The van der Waals surface area contributed by atoms with Crippen LogP contribution in [0.15, 0.2) is 52.5 Å². The molecule has 1 fully saturated rings. The number of hydrogen-bond donors (Lipinski definition) is 1. The number of nitrogens with one attached hydrogen (secondary N) is 1. The van der Waals surface area contributed by atoms with E-state index in [4.69, 9.17) is 17.0 Å². The molecule has 8 heteroatoms. The lowest BCUT2D eigenvalue weighted by molar-refractivity contribution is -0.122. The average Bonchev–Trinajstić information content (AvgIpc) is 2.62. The van der Waals surface area contributed by atoms with Crippen molar-refractivity contribution < 1.29 is 18.7 Å². The fourth-order valence-corrected chi connectivity index (χ4v) is 3.24. The number of halogens is 2. The predicted molar refractivity (Wildman–Crippen MR) is 108 cm³/mol. The van der Waals surface area contributed by atoms with E-state index in [1.165, 1.54) is 24.3 Å². The first-order valence-corrected chi connectivity index (χ1v) is 9.21. The van der Waals surface area contributed by atoms with Crippen LogP contribution in [0.2, 0.25) is 0 Å². The molecule has 0 aromatic heterocycles. The van der Waals surface area contributed by atoms with Crippen molar-refractivity contribution in [2.24, 2.45) is 0 Å². The fraction of sp³-hybridized carbons (Fsp3) is 0.105. The third-order valence-corrected chi connectivity index (χ3v) is 4.54. The molecule has 2 aromatic carbocycles. The number of nitrogens with zero attached hydrogens (tertiary/aromatic N) is 1. The number of amides is 2. The van der Waals surface area contributed by atoms with Gasteiger partial charge in [-0.15, -0.1) is 0 Å². The van der Waals surface area contributed by atoms with Crippen LogP contribution in [0, 0.1) is 5.82 Å². The van der Waals surface area contributed by atoms with Gasteiger partial charge in [-0.25, -0.2) is 9.29 Å². The number of anilines is 1. The van der Waals surface area contributed by atoms with Crippen LogP contribution in [0.5, 0.6) is 5.75 Å². The van der Waals surface area contributed by atoms with E-state index in [1.807, 2.05) is 6.92 Å². The van der Waals surface area contributed by atoms with Gasteiger partial charge in [-0.05, 0) is 55.5 Å². The van der Waals surface area contributed by atoms with Gasteiger partial charge in [0.2, 0.25) is 0 Å². The summed E-state index contributed by atoms with van der Waals surface area (Å²) in [6.07, 6.45) is 1.41. The molecule has 5 nitrogen and oxygen atoms in total. The number of rotatable bonds is 4. The van der Waals surface area contributed by atoms with Crippen molar-refractivity contribution in [3.63, 3.8) is 0 Å². The second-order valence-corrected chi connectivity index (χ2v) is 6.83. The smallest absolute Gasteiger partial charge is 0.270 e. The van der Waals surface area contributed by atoms with E-state index in [1.54, 1.807) is 24.3 Å². The predicted octanol–water partition coefficient (Wildman–Crippen LogP) is 3.82. The summed E-state index contributed by atoms with van der Waals surface area (Å²) < 4.78 is 20.5. The number of carbonyl (C=O) groups excluding carboxylic acids is 2. The fourth-order valence-electron chi connectivity index (χ4n) is 2.58. The van der Waals surface area contributed by atoms with Gasteiger partial charge in [-0.1, -0.05) is 28.1 Å². The number of benzene rings is 2. The molecule has 0 bridgehead atoms. The lowest BCUT2D eigenvalue weighted by Gasteiger charge is -2.29. The molecule has 138 valence electrons. The van der Waals surface area contributed by atoms with Gasteiger partial charge < -0.3 is 4.74 Å². The molecule has 0 unspecified atom stereocenters. The normalized spacial score (nSPS) is 15.9. The zero-order valence-corrected chi connectivity index (χ0v) is 16.6. The zero-order chi connectivity index (χ0) is 19.6. The molecule has 1 aliphatic rings. The summed E-state index contributed by atoms with van der Waals surface area (Å²) in [6.45, 7) is 2.25. The molecule has 3 rings (SSSR count). The zero-order valence-electron chi connectivity index (χ0n) is 14.2. The Morgan fingerprint density at radius 1 is 1.26 bits per heavy atom. The van der Waals surface area contributed by atoms with Gasteiger partial charge in [-0.2, -0.15) is 0 Å². The SMILES string of the molecule is CCOc1ccc(Br)cc1/C=C1\C(=O)NC(=S)N(c2ccccc2F)C1=O. The third-order valence-electron chi connectivity index (χ3n) is 3.77. The minimum absolute atomic E-state index is 0.0299. The van der Waals surface area contributed by atoms with E-state index in [-0.39, 0.29) is 16.4 Å². The Balaban J connectivity index is 2.08. The van der Waals surface area contributed by atoms with Gasteiger partial charge >= 0.3 is 0 Å². The summed E-state index contributed by atoms with van der Waals surface area (Å²) in [4.78, 5) is 26.3. The molecule has 0 aliphatic carbocycles. The maximum absolute atomic E-state index is 14.2. The summed E-state index contributed by atoms with van der Waals surface area (Å²) in [6, 6.07) is 10.9. The second-order valence-electron chi connectivity index (χ2n) is 5.52. The van der Waals surface area contributed by atoms with Gasteiger partial charge in [0.15, 0.2) is 5.11 Å². The minimum atomic E-state index is -0.712. The molecule has 2 aromatic rings. The number of ether oxygens (including phenoxy) is 1. The molecule has 1 aliphatic heterocycles. The first kappa shape index (κ1) is 19.2. The highest BCUT2D eigenvalue weighted by Gasteiger charge is 2.35. The molecule has 0 saturated carbocycles. The Bertz CT molecular complexity index is 977. The van der Waals surface area contributed by atoms with Crippen molar-refractivity contribution in [2.45, 2.75) is 6.92 Å². The Morgan fingerprint density at radius 2 is 2.00 bits per heavy atom. The van der Waals surface area contributed by atoms with Crippen LogP contribution < -0.4 is 15.0 Å². The van der Waals surface area contributed by atoms with Gasteiger partial charge in [0.1, 0.15) is 17.1 Å². The molecule has 1 saturated heterocycles. The Kier molecular flexibility index (Phi) is 5.67. The lowest BCUT2D eigenvalue weighted by Crippen LogP contribution is -2.54. The quantitative estimate of drug-likeness (QED) is 0.438. The Morgan fingerprint density at radius 3 is 2.70 bits per heavy atom. The van der Waals surface area contributed by atoms with Crippen LogP contribution in [-0.2, 0) is 9.59 Å². The van der Waals surface area contributed by atoms with E-state index in [9.17, 15) is 14.0 Å². The molecule has 0 radical (unpaired) electrons. The highest BCUT2D eigenvalue weighted by Crippen LogP contribution is 2.28. The molecule has 0 atom stereocenters. The van der Waals surface area contributed by atoms with Crippen molar-refractivity contribution in [1.29, 1.82) is 0 Å². The van der Waals surface area contributed by atoms with Crippen LogP contribution in [0.3, 0.4) is 0 Å². The van der Waals surface area contributed by atoms with Crippen LogP contribution in [-0.4, -0.2) is 23.5 Å². The maximum atomic E-state index is 14.2. The van der Waals surface area contributed by atoms with Crippen LogP contribution in [0.25, 0.3) is 6.08 Å². The minimum Gasteiger partial charge on any atom is -0.493 e. The molecule has 1 N–H and O–H groups in total. The van der Waals surface area contributed by atoms with E-state index in [0.29, 0.717) is 17.9 Å². The Labute approximate surface area is 168 Å². The molecular formula is C19H14BrFN2O3S. The van der Waals surface area contributed by atoms with E-state index < -0.39 is 17.6 Å². The van der Waals surface area contributed by atoms with Crippen molar-refractivity contribution in [2.75, 3.05) is 11.5 Å². The second kappa shape index (κ2) is 7.98. The third kappa shape index (κ3) is 3.91. The topological polar surface area (TPSA) is 58.6 Å². The summed E-state index contributed by atoms with van der Waals surface area (Å²) in [5, 5.41) is 2.26. The molecule has 0 spiro atoms. The molecular weight excluding hydrogens is 435 g/mol. The number of hydrogen-bond acceptors (Lipinski definition) is 4. The van der Waals surface area contributed by atoms with Crippen LogP contribution in [0.1, 0.15) is 12.5 Å². The van der Waals surface area contributed by atoms with Crippen LogP contribution in [0.4, 0.5) is 10.1 Å². The van der Waals surface area contributed by atoms with E-state index in [2.05, 4.69) is 21.2 Å². The van der Waals surface area contributed by atoms with Crippen molar-refractivity contribution in [3.05, 3.63) is 63.9 Å². The van der Waals surface area contributed by atoms with Gasteiger partial charge in [0.05, 0.1) is 12.3 Å². The van der Waals surface area contributed by atoms with Gasteiger partial charge in [-0.3, -0.25) is 14.9 Å². The van der Waals surface area contributed by atoms with Gasteiger partial charge in [0.25, 0.3) is 11.8 Å². The van der Waals surface area contributed by atoms with E-state index >= 15 is 0 Å². The number of carbonyl (C=O) groups is 2. The van der Waals surface area contributed by atoms with Gasteiger partial charge in [0, 0.05) is 10.0 Å². The van der Waals surface area contributed by atoms with E-state index in [0.717, 1.165) is 9.37 Å². The highest BCUT2D eigenvalue weighted by molar-refractivity contribution is 9.10. The lowest BCUT2D eigenvalue weighted by atomic mass is 10.1. The first-order valence-electron chi connectivity index (χ1n) is 8.00. The monoisotopic (exact) mass is 448 g/mol. The van der Waals surface area contributed by atoms with Crippen molar-refractivity contribution in [1.82, 2.24) is 5.32 Å². The first-order chi connectivity index (χ1) is 12.9. The standard InChI is InChI=1S/C19H14BrFN2O3S/c1-2-26-16-8-7-12(20)9-11(16)10-13-17(24)22-19(27)23(18(13)25)15-6-4-3-5-14(15)21/h3-10H,2H2,1H3,(H,22,24,27)/b13-10+. The highest BCUT2D eigenvalue weighted by atomic mass is 79.9. The Hall–Kier alpha value is -2.58. The van der Waals surface area contributed by atoms with Crippen molar-refractivity contribution >= 4 is 56.8 Å². The number of para-hydroxylation sites is 1. The summed E-state index contributed by atoms with van der Waals surface area (Å²) in [5.41, 5.74) is 0.328. The maximum Gasteiger partial charge on any atom is 0.270 e. The van der Waals surface area contributed by atoms with Crippen LogP contribution >= 0.6 is 28.1 Å². The van der Waals surface area contributed by atoms with Crippen molar-refractivity contribution in [3.8, 4) is 5.75 Å². The molecule has 1 heterocycles. The summed E-state index contributed by atoms with van der Waals surface area (Å²) >= 11 is 8.43. The molecule has 27 heavy (non-hydrogen) atoms. The average molecular weight is 449 g/mol. The summed E-state index contributed by atoms with van der Waals surface area (Å²) in [5.74, 6) is -1.48. The summed E-state index contributed by atoms with van der Waals surface area (Å²) in [7, 11) is 0. The molecule has 2 amide bonds. The largest absolute Gasteiger partial charge is 0.493 e.